The Balaban J connectivity index is 1.58. The summed E-state index contributed by atoms with van der Waals surface area (Å²) in [5, 5.41) is 8.93. The van der Waals surface area contributed by atoms with E-state index in [1.54, 1.807) is 11.3 Å². The summed E-state index contributed by atoms with van der Waals surface area (Å²) in [4.78, 5) is 9.79. The molecule has 4 rings (SSSR count). The van der Waals surface area contributed by atoms with Gasteiger partial charge in [-0.25, -0.2) is 14.5 Å². The molecule has 0 bridgehead atoms. The van der Waals surface area contributed by atoms with E-state index in [-0.39, 0.29) is 12.1 Å². The highest BCUT2D eigenvalue weighted by Gasteiger charge is 2.31. The monoisotopic (exact) mass is 318 g/mol. The lowest BCUT2D eigenvalue weighted by Gasteiger charge is -2.31. The third-order valence-corrected chi connectivity index (χ3v) is 4.76. The fourth-order valence-electron chi connectivity index (χ4n) is 2.86. The minimum atomic E-state index is -0.0493. The first-order chi connectivity index (χ1) is 10.7. The van der Waals surface area contributed by atoms with E-state index in [1.807, 2.05) is 41.6 Å². The number of fused-ring (bicyclic) bond motifs is 1. The molecule has 4 heterocycles. The topological polar surface area (TPSA) is 69.3 Å². The highest BCUT2D eigenvalue weighted by molar-refractivity contribution is 7.20. The molecule has 1 aliphatic rings. The van der Waals surface area contributed by atoms with Crippen molar-refractivity contribution >= 4 is 21.4 Å². The molecule has 0 spiro atoms. The second kappa shape index (κ2) is 5.36. The van der Waals surface area contributed by atoms with Gasteiger partial charge in [0.1, 0.15) is 11.9 Å². The fourth-order valence-corrected chi connectivity index (χ4v) is 3.75. The maximum atomic E-state index is 5.97. The first kappa shape index (κ1) is 13.7. The van der Waals surface area contributed by atoms with Crippen LogP contribution in [0, 0.1) is 6.92 Å². The fraction of sp³-hybridized carbons (Fsp3) is 0.500. The Hall–Kier alpha value is -1.93. The van der Waals surface area contributed by atoms with Gasteiger partial charge in [0.05, 0.1) is 17.9 Å². The number of nitrogens with zero attached hydrogens (tertiary/aromatic N) is 5. The maximum Gasteiger partial charge on any atom is 0.214 e. The molecule has 0 aliphatic carbocycles. The Bertz CT molecular complexity index is 759. The molecule has 0 saturated carbocycles. The van der Waals surface area contributed by atoms with Gasteiger partial charge in [-0.05, 0) is 19.8 Å². The lowest BCUT2D eigenvalue weighted by atomic mass is 10.0. The van der Waals surface area contributed by atoms with Crippen LogP contribution < -0.4 is 5.32 Å². The molecule has 3 aromatic rings. The summed E-state index contributed by atoms with van der Waals surface area (Å²) in [6, 6.07) is 0.173. The summed E-state index contributed by atoms with van der Waals surface area (Å²) in [7, 11) is 2.00. The van der Waals surface area contributed by atoms with Crippen LogP contribution in [0.2, 0.25) is 0 Å². The maximum absolute atomic E-state index is 5.97. The summed E-state index contributed by atoms with van der Waals surface area (Å²) in [5.41, 5.74) is 0.984. The first-order valence-electron chi connectivity index (χ1n) is 7.39. The normalized spacial score (nSPS) is 22.3. The predicted octanol–water partition coefficient (Wildman–Crippen LogP) is 2.16. The third-order valence-electron chi connectivity index (χ3n) is 3.91. The molecule has 0 unspecified atom stereocenters. The molecule has 2 atom stereocenters. The largest absolute Gasteiger partial charge is 0.368 e. The van der Waals surface area contributed by atoms with E-state index in [0.29, 0.717) is 0 Å². The molecule has 116 valence electrons. The van der Waals surface area contributed by atoms with Gasteiger partial charge in [-0.15, -0.1) is 5.10 Å². The van der Waals surface area contributed by atoms with E-state index >= 15 is 0 Å². The molecule has 1 fully saturated rings. The average molecular weight is 318 g/mol. The lowest BCUT2D eigenvalue weighted by Crippen LogP contribution is -2.35. The van der Waals surface area contributed by atoms with Crippen molar-refractivity contribution in [1.29, 1.82) is 0 Å². The van der Waals surface area contributed by atoms with Crippen molar-refractivity contribution in [3.8, 4) is 0 Å². The summed E-state index contributed by atoms with van der Waals surface area (Å²) >= 11 is 1.56. The van der Waals surface area contributed by atoms with Crippen molar-refractivity contribution in [3.63, 3.8) is 0 Å². The van der Waals surface area contributed by atoms with Gasteiger partial charge in [0.25, 0.3) is 0 Å². The van der Waals surface area contributed by atoms with Crippen molar-refractivity contribution in [1.82, 2.24) is 24.1 Å². The Morgan fingerprint density at radius 2 is 2.36 bits per heavy atom. The minimum absolute atomic E-state index is 0.0493. The van der Waals surface area contributed by atoms with Gasteiger partial charge >= 0.3 is 0 Å². The van der Waals surface area contributed by atoms with E-state index in [0.717, 1.165) is 41.1 Å². The van der Waals surface area contributed by atoms with Crippen LogP contribution in [0.3, 0.4) is 0 Å². The van der Waals surface area contributed by atoms with Crippen LogP contribution in [-0.4, -0.2) is 36.8 Å². The van der Waals surface area contributed by atoms with Gasteiger partial charge < -0.3 is 14.6 Å². The van der Waals surface area contributed by atoms with Crippen LogP contribution in [0.5, 0.6) is 0 Å². The Kier molecular flexibility index (Phi) is 3.34. The van der Waals surface area contributed by atoms with Gasteiger partial charge in [-0.1, -0.05) is 11.3 Å². The molecule has 7 nitrogen and oxygen atoms in total. The summed E-state index contributed by atoms with van der Waals surface area (Å²) < 4.78 is 9.81. The van der Waals surface area contributed by atoms with Crippen molar-refractivity contribution in [2.75, 3.05) is 11.9 Å². The molecule has 0 radical (unpaired) electrons. The second-order valence-corrected chi connectivity index (χ2v) is 6.55. The quantitative estimate of drug-likeness (QED) is 0.801. The van der Waals surface area contributed by atoms with Gasteiger partial charge in [-0.2, -0.15) is 0 Å². The van der Waals surface area contributed by atoms with E-state index in [1.165, 1.54) is 0 Å². The minimum Gasteiger partial charge on any atom is -0.368 e. The van der Waals surface area contributed by atoms with E-state index < -0.39 is 0 Å². The molecular formula is C14H18N6OS. The number of ether oxygens (including phenoxy) is 1. The number of imidazole rings is 2. The Morgan fingerprint density at radius 1 is 1.45 bits per heavy atom. The number of anilines is 1. The second-order valence-electron chi connectivity index (χ2n) is 5.60. The molecule has 22 heavy (non-hydrogen) atoms. The summed E-state index contributed by atoms with van der Waals surface area (Å²) in [6.45, 7) is 2.75. The molecule has 1 aliphatic heterocycles. The first-order valence-corrected chi connectivity index (χ1v) is 8.20. The van der Waals surface area contributed by atoms with Crippen LogP contribution in [0.1, 0.15) is 30.5 Å². The third kappa shape index (κ3) is 2.38. The van der Waals surface area contributed by atoms with E-state index in [4.69, 9.17) is 4.74 Å². The molecule has 8 heteroatoms. The Labute approximate surface area is 132 Å². The number of hydrogen-bond donors (Lipinski definition) is 1. The Morgan fingerprint density at radius 3 is 3.14 bits per heavy atom. The molecular weight excluding hydrogens is 300 g/mol. The number of nitrogens with one attached hydrogen (secondary N) is 1. The van der Waals surface area contributed by atoms with Crippen LogP contribution in [0.4, 0.5) is 5.13 Å². The zero-order chi connectivity index (χ0) is 15.1. The molecule has 0 aromatic carbocycles. The highest BCUT2D eigenvalue weighted by atomic mass is 32.1. The lowest BCUT2D eigenvalue weighted by molar-refractivity contribution is -0.00128. The number of hydrogen-bond acceptors (Lipinski definition) is 6. The zero-order valence-electron chi connectivity index (χ0n) is 12.6. The molecule has 3 aromatic heterocycles. The van der Waals surface area contributed by atoms with Crippen molar-refractivity contribution in [2.24, 2.45) is 7.05 Å². The highest BCUT2D eigenvalue weighted by Crippen LogP contribution is 2.31. The van der Waals surface area contributed by atoms with E-state index in [2.05, 4.69) is 20.4 Å². The van der Waals surface area contributed by atoms with Crippen molar-refractivity contribution < 1.29 is 4.74 Å². The van der Waals surface area contributed by atoms with Crippen LogP contribution in [-0.2, 0) is 11.8 Å². The molecule has 1 N–H and O–H groups in total. The SMILES string of the molecule is Cc1cn2nc(N[C@H]3CCCO[C@@H]3c3nccn3C)sc2n1. The molecule has 1 saturated heterocycles. The number of aromatic nitrogens is 5. The van der Waals surface area contributed by atoms with Crippen molar-refractivity contribution in [3.05, 3.63) is 30.1 Å². The smallest absolute Gasteiger partial charge is 0.214 e. The standard InChI is InChI=1S/C14H18N6OS/c1-9-8-20-14(16-9)22-13(18-20)17-10-4-3-7-21-11(10)12-15-5-6-19(12)2/h5-6,8,10-11H,3-4,7H2,1-2H3,(H,17,18)/t10-,11-/m0/s1. The van der Waals surface area contributed by atoms with Crippen LogP contribution in [0.25, 0.3) is 4.96 Å². The van der Waals surface area contributed by atoms with Gasteiger partial charge in [0.2, 0.25) is 10.1 Å². The predicted molar refractivity (Wildman–Crippen MR) is 84.1 cm³/mol. The average Bonchev–Trinajstić information content (AvgIpc) is 3.14. The van der Waals surface area contributed by atoms with Gasteiger partial charge in [0.15, 0.2) is 0 Å². The number of aryl methyl sites for hydroxylation is 2. The van der Waals surface area contributed by atoms with Gasteiger partial charge in [-0.3, -0.25) is 0 Å². The van der Waals surface area contributed by atoms with Crippen LogP contribution in [0.15, 0.2) is 18.6 Å². The molecule has 0 amide bonds. The van der Waals surface area contributed by atoms with Crippen LogP contribution >= 0.6 is 11.3 Å². The summed E-state index contributed by atoms with van der Waals surface area (Å²) in [5.74, 6) is 0.953. The zero-order valence-corrected chi connectivity index (χ0v) is 13.4. The number of rotatable bonds is 3. The van der Waals surface area contributed by atoms with Crippen molar-refractivity contribution in [2.45, 2.75) is 31.9 Å². The van der Waals surface area contributed by atoms with Gasteiger partial charge in [0, 0.05) is 26.0 Å². The summed E-state index contributed by atoms with van der Waals surface area (Å²) in [6.07, 6.45) is 7.73. The van der Waals surface area contributed by atoms with E-state index in [9.17, 15) is 0 Å².